The van der Waals surface area contributed by atoms with Crippen LogP contribution in [0.2, 0.25) is 10.0 Å². The van der Waals surface area contributed by atoms with E-state index in [0.717, 1.165) is 0 Å². The Morgan fingerprint density at radius 2 is 1.12 bits per heavy atom. The van der Waals surface area contributed by atoms with Crippen LogP contribution in [0.3, 0.4) is 0 Å². The van der Waals surface area contributed by atoms with Gasteiger partial charge >= 0.3 is 0 Å². The summed E-state index contributed by atoms with van der Waals surface area (Å²) in [6, 6.07) is 6.26. The van der Waals surface area contributed by atoms with Gasteiger partial charge in [-0.25, -0.2) is 0 Å². The molecule has 0 saturated carbocycles. The highest BCUT2D eigenvalue weighted by Crippen LogP contribution is 2.39. The molecule has 0 spiro atoms. The smallest absolute Gasteiger partial charge is 0.273 e. The van der Waals surface area contributed by atoms with Crippen LogP contribution in [0.15, 0.2) is 60.8 Å². The summed E-state index contributed by atoms with van der Waals surface area (Å²) in [5, 5.41) is 12.0. The van der Waals surface area contributed by atoms with Gasteiger partial charge in [0.15, 0.2) is 11.9 Å². The lowest BCUT2D eigenvalue weighted by Gasteiger charge is -2.18. The van der Waals surface area contributed by atoms with Crippen LogP contribution < -0.4 is 55.7 Å². The lowest BCUT2D eigenvalue weighted by atomic mass is 10.1. The van der Waals surface area contributed by atoms with Gasteiger partial charge in [0, 0.05) is 40.6 Å². The molecule has 0 heterocycles. The average molecular weight is 867 g/mol. The second-order valence-electron chi connectivity index (χ2n) is 12.2. The van der Waals surface area contributed by atoms with E-state index in [2.05, 4.69) is 36.2 Å². The number of aliphatic imine (C=N–C) groups is 3. The van der Waals surface area contributed by atoms with E-state index in [1.807, 2.05) is 0 Å². The van der Waals surface area contributed by atoms with E-state index in [1.165, 1.54) is 41.9 Å². The van der Waals surface area contributed by atoms with Crippen LogP contribution in [0.4, 0.5) is 22.7 Å². The maximum absolute atomic E-state index is 13.8. The first kappa shape index (κ1) is 48.6. The van der Waals surface area contributed by atoms with E-state index in [-0.39, 0.29) is 71.1 Å². The summed E-state index contributed by atoms with van der Waals surface area (Å²) in [5.41, 5.74) is 34.4. The molecule has 0 saturated heterocycles. The topological polar surface area (TPSA) is 310 Å². The van der Waals surface area contributed by atoms with Crippen molar-refractivity contribution in [3.05, 3.63) is 46.1 Å². The molecule has 57 heavy (non-hydrogen) atoms. The number of hydrogen-bond donors (Lipinski definition) is 10. The quantitative estimate of drug-likeness (QED) is 0.0235. The van der Waals surface area contributed by atoms with Gasteiger partial charge in [0.25, 0.3) is 5.91 Å². The number of nitrogens with one attached hydrogen (secondary N) is 4. The average Bonchev–Trinajstić information content (AvgIpc) is 3.13. The molecule has 4 amide bonds. The third-order valence-electron chi connectivity index (χ3n) is 7.46. The number of hydrogen-bond acceptors (Lipinski definition) is 11. The molecule has 0 aromatic heterocycles. The van der Waals surface area contributed by atoms with E-state index in [4.69, 9.17) is 57.6 Å². The number of benzene rings is 2. The molecule has 0 radical (unpaired) electrons. The van der Waals surface area contributed by atoms with Crippen molar-refractivity contribution in [2.24, 2.45) is 55.3 Å². The van der Waals surface area contributed by atoms with Gasteiger partial charge in [0.1, 0.15) is 5.70 Å². The van der Waals surface area contributed by atoms with Crippen LogP contribution in [0.1, 0.15) is 52.4 Å². The Morgan fingerprint density at radius 1 is 0.702 bits per heavy atom. The van der Waals surface area contributed by atoms with Crippen molar-refractivity contribution in [2.45, 2.75) is 62.2 Å². The number of carbonyl (C=O) groups excluding carboxylic acids is 4. The Labute approximate surface area is 351 Å². The van der Waals surface area contributed by atoms with Crippen LogP contribution in [0.5, 0.6) is 0 Å². The summed E-state index contributed by atoms with van der Waals surface area (Å²) in [7, 11) is 0. The van der Waals surface area contributed by atoms with Gasteiger partial charge in [-0.1, -0.05) is 23.2 Å². The highest BCUT2D eigenvalue weighted by atomic mass is 35.5. The molecule has 0 aliphatic rings. The molecule has 0 aliphatic heterocycles. The molecule has 2 aromatic rings. The molecule has 0 fully saturated rings. The van der Waals surface area contributed by atoms with E-state index < -0.39 is 17.7 Å². The fraction of sp³-hybridized carbons (Fsp3) is 0.417. The number of nitrogens with two attached hydrogens (primary N) is 6. The first-order valence-corrected chi connectivity index (χ1v) is 20.8. The Kier molecular flexibility index (Phi) is 22.5. The monoisotopic (exact) mass is 865 g/mol. The first-order chi connectivity index (χ1) is 27.2. The zero-order valence-electron chi connectivity index (χ0n) is 32.0. The molecule has 2 aromatic carbocycles. The van der Waals surface area contributed by atoms with Crippen LogP contribution in [-0.2, 0) is 19.2 Å². The lowest BCUT2D eigenvalue weighted by molar-refractivity contribution is -0.118. The van der Waals surface area contributed by atoms with E-state index in [0.29, 0.717) is 77.1 Å². The van der Waals surface area contributed by atoms with Crippen LogP contribution >= 0.6 is 46.7 Å². The van der Waals surface area contributed by atoms with Crippen molar-refractivity contribution in [2.75, 3.05) is 59.0 Å². The van der Waals surface area contributed by atoms with E-state index in [9.17, 15) is 19.2 Å². The molecule has 21 heteroatoms. The molecule has 1 unspecified atom stereocenters. The number of carbonyl (C=O) groups is 4. The normalized spacial score (nSPS) is 11.8. The predicted molar refractivity (Wildman–Crippen MR) is 237 cm³/mol. The molecule has 1 atom stereocenters. The SMILES string of the molecule is CC=N/C(=C\C(C)C(=O)Nc1cc(Cl)cc(NC(=O)CCCCN)c1SCCN=C(N)N)C(=O)Nc1cc(Cl)cc(NC(=O)CCCCN)c1SCCN=C(N)N. The van der Waals surface area contributed by atoms with Gasteiger partial charge in [-0.3, -0.25) is 34.2 Å². The van der Waals surface area contributed by atoms with Gasteiger partial charge in [0.2, 0.25) is 17.7 Å². The van der Waals surface area contributed by atoms with Crippen LogP contribution in [0, 0.1) is 5.92 Å². The molecular formula is C36H53Cl2N13O4S2. The molecule has 2 rings (SSSR count). The number of rotatable bonds is 24. The summed E-state index contributed by atoms with van der Waals surface area (Å²) in [6.07, 6.45) is 5.86. The van der Waals surface area contributed by atoms with E-state index >= 15 is 0 Å². The minimum absolute atomic E-state index is 0.0710. The second-order valence-corrected chi connectivity index (χ2v) is 15.3. The number of nitrogens with zero attached hydrogens (tertiary/aromatic N) is 3. The number of thioether (sulfide) groups is 2. The van der Waals surface area contributed by atoms with Crippen molar-refractivity contribution in [3.8, 4) is 0 Å². The second kappa shape index (κ2) is 26.4. The number of unbranched alkanes of at least 4 members (excludes halogenated alkanes) is 2. The number of anilines is 4. The summed E-state index contributed by atoms with van der Waals surface area (Å²) in [5.74, 6) is -1.91. The summed E-state index contributed by atoms with van der Waals surface area (Å²) in [4.78, 5) is 66.4. The first-order valence-electron chi connectivity index (χ1n) is 18.0. The number of amides is 4. The number of guanidine groups is 2. The minimum atomic E-state index is -0.904. The van der Waals surface area contributed by atoms with Gasteiger partial charge < -0.3 is 55.7 Å². The van der Waals surface area contributed by atoms with Gasteiger partial charge in [0.05, 0.1) is 51.5 Å². The third-order valence-corrected chi connectivity index (χ3v) is 10.1. The highest BCUT2D eigenvalue weighted by molar-refractivity contribution is 7.99. The Hall–Kier alpha value is -4.53. The molecule has 312 valence electrons. The Balaban J connectivity index is 2.45. The van der Waals surface area contributed by atoms with Crippen LogP contribution in [0.25, 0.3) is 0 Å². The predicted octanol–water partition coefficient (Wildman–Crippen LogP) is 4.05. The Bertz CT molecular complexity index is 1820. The van der Waals surface area contributed by atoms with Gasteiger partial charge in [-0.2, -0.15) is 0 Å². The third kappa shape index (κ3) is 18.5. The molecule has 16 N–H and O–H groups in total. The minimum Gasteiger partial charge on any atom is -0.370 e. The highest BCUT2D eigenvalue weighted by Gasteiger charge is 2.22. The summed E-state index contributed by atoms with van der Waals surface area (Å²) >= 11 is 15.5. The van der Waals surface area contributed by atoms with E-state index in [1.54, 1.807) is 32.0 Å². The van der Waals surface area contributed by atoms with Crippen molar-refractivity contribution in [3.63, 3.8) is 0 Å². The fourth-order valence-electron chi connectivity index (χ4n) is 4.86. The largest absolute Gasteiger partial charge is 0.370 e. The zero-order chi connectivity index (χ0) is 42.3. The lowest BCUT2D eigenvalue weighted by Crippen LogP contribution is -2.23. The zero-order valence-corrected chi connectivity index (χ0v) is 35.2. The molecular weight excluding hydrogens is 814 g/mol. The molecule has 0 bridgehead atoms. The summed E-state index contributed by atoms with van der Waals surface area (Å²) < 4.78 is 0. The molecule has 0 aliphatic carbocycles. The van der Waals surface area contributed by atoms with Gasteiger partial charge in [-0.15, -0.1) is 23.5 Å². The van der Waals surface area contributed by atoms with Crippen LogP contribution in [-0.4, -0.2) is 79.4 Å². The maximum atomic E-state index is 13.8. The van der Waals surface area contributed by atoms with Gasteiger partial charge in [-0.05, 0) is 83.0 Å². The van der Waals surface area contributed by atoms with Crippen molar-refractivity contribution in [1.82, 2.24) is 0 Å². The summed E-state index contributed by atoms with van der Waals surface area (Å²) in [6.45, 7) is 4.67. The number of halogens is 2. The molecule has 17 nitrogen and oxygen atoms in total. The standard InChI is InChI=1S/C36H53Cl2N13O4S2/c1-3-45-28(34(55)51-27-20-23(38)18-25(49-30(53)9-5-7-11-40)32(27)57-15-13-47-36(43)44)16-21(2)33(54)50-26-19-22(37)17-24(48-29(52)8-4-6-10-39)31(26)56-14-12-46-35(41)42/h3,16-21H,4-15,39-40H2,1-2H3,(H,48,52)(H,49,53)(H,50,54)(H,51,55)(H4,41,42,46)(H4,43,44,47)/b28-16-,45-3?. The Morgan fingerprint density at radius 3 is 1.53 bits per heavy atom. The van der Waals surface area contributed by atoms with Crippen molar-refractivity contribution >= 4 is 111 Å². The van der Waals surface area contributed by atoms with Crippen molar-refractivity contribution < 1.29 is 19.2 Å². The fourth-order valence-corrected chi connectivity index (χ4v) is 7.13. The maximum Gasteiger partial charge on any atom is 0.273 e. The van der Waals surface area contributed by atoms with Crippen molar-refractivity contribution in [1.29, 1.82) is 0 Å².